The van der Waals surface area contributed by atoms with E-state index >= 15 is 0 Å². The van der Waals surface area contributed by atoms with Gasteiger partial charge in [0.05, 0.1) is 29.8 Å². The summed E-state index contributed by atoms with van der Waals surface area (Å²) in [5, 5.41) is 14.0. The first-order chi connectivity index (χ1) is 19.4. The minimum Gasteiger partial charge on any atom is -0.339 e. The van der Waals surface area contributed by atoms with Crippen molar-refractivity contribution in [1.82, 2.24) is 29.6 Å². The SMILES string of the molecule is Cn1cc(C(=O)N2CC[C@H](CC(=O)Nc3ccc4cc3CCc3cncc(c3)Nc3ncc(Cl)c(n3)N4)C2)cn1. The molecule has 1 atom stereocenters. The maximum atomic E-state index is 13.1. The number of aromatic nitrogens is 5. The Bertz CT molecular complexity index is 1590. The van der Waals surface area contributed by atoms with Crippen LogP contribution in [0.25, 0.3) is 0 Å². The van der Waals surface area contributed by atoms with Gasteiger partial charge >= 0.3 is 0 Å². The van der Waals surface area contributed by atoms with Gasteiger partial charge in [-0.2, -0.15) is 10.1 Å². The average Bonchev–Trinajstić information content (AvgIpc) is 3.59. The van der Waals surface area contributed by atoms with Gasteiger partial charge in [-0.15, -0.1) is 0 Å². The lowest BCUT2D eigenvalue weighted by atomic mass is 10.0. The summed E-state index contributed by atoms with van der Waals surface area (Å²) in [7, 11) is 1.78. The van der Waals surface area contributed by atoms with Gasteiger partial charge in [0.2, 0.25) is 11.9 Å². The molecule has 1 fully saturated rings. The Hall–Kier alpha value is -4.51. The highest BCUT2D eigenvalue weighted by atomic mass is 35.5. The number of carbonyl (C=O) groups excluding carboxylic acids is 2. The Labute approximate surface area is 236 Å². The first kappa shape index (κ1) is 25.8. The molecule has 0 spiro atoms. The van der Waals surface area contributed by atoms with Gasteiger partial charge in [0, 0.05) is 50.3 Å². The summed E-state index contributed by atoms with van der Waals surface area (Å²) in [4.78, 5) is 40.8. The van der Waals surface area contributed by atoms with Crippen molar-refractivity contribution in [3.63, 3.8) is 0 Å². The van der Waals surface area contributed by atoms with Crippen molar-refractivity contribution in [2.24, 2.45) is 13.0 Å². The van der Waals surface area contributed by atoms with Crippen LogP contribution in [-0.4, -0.2) is 54.5 Å². The Kier molecular flexibility index (Phi) is 7.04. The van der Waals surface area contributed by atoms with Crippen LogP contribution in [0.15, 0.2) is 55.2 Å². The Morgan fingerprint density at radius 3 is 2.85 bits per heavy atom. The van der Waals surface area contributed by atoms with E-state index in [1.54, 1.807) is 41.4 Å². The van der Waals surface area contributed by atoms with Gasteiger partial charge < -0.3 is 20.9 Å². The van der Waals surface area contributed by atoms with Crippen molar-refractivity contribution < 1.29 is 9.59 Å². The smallest absolute Gasteiger partial charge is 0.257 e. The van der Waals surface area contributed by atoms with Gasteiger partial charge in [-0.25, -0.2) is 4.98 Å². The molecule has 6 rings (SSSR count). The lowest BCUT2D eigenvalue weighted by molar-refractivity contribution is -0.117. The van der Waals surface area contributed by atoms with Crippen LogP contribution in [0.5, 0.6) is 0 Å². The highest BCUT2D eigenvalue weighted by Crippen LogP contribution is 2.30. The van der Waals surface area contributed by atoms with Crippen LogP contribution < -0.4 is 16.0 Å². The second-order valence-corrected chi connectivity index (χ2v) is 10.6. The van der Waals surface area contributed by atoms with E-state index in [1.807, 2.05) is 30.5 Å². The molecule has 6 bridgehead atoms. The highest BCUT2D eigenvalue weighted by Gasteiger charge is 2.29. The van der Waals surface area contributed by atoms with Crippen LogP contribution in [0, 0.1) is 5.92 Å². The van der Waals surface area contributed by atoms with Crippen LogP contribution in [0.3, 0.4) is 0 Å². The largest absolute Gasteiger partial charge is 0.339 e. The number of likely N-dealkylation sites (tertiary alicyclic amines) is 1. The summed E-state index contributed by atoms with van der Waals surface area (Å²) in [6.07, 6.45) is 10.9. The number of carbonyl (C=O) groups is 2. The van der Waals surface area contributed by atoms with Crippen molar-refractivity contribution in [1.29, 1.82) is 0 Å². The molecule has 3 aromatic heterocycles. The van der Waals surface area contributed by atoms with Crippen molar-refractivity contribution in [3.05, 3.63) is 77.0 Å². The van der Waals surface area contributed by atoms with E-state index in [1.165, 1.54) is 0 Å². The van der Waals surface area contributed by atoms with Gasteiger partial charge in [-0.05, 0) is 60.6 Å². The molecule has 0 unspecified atom stereocenters. The highest BCUT2D eigenvalue weighted by molar-refractivity contribution is 6.32. The summed E-state index contributed by atoms with van der Waals surface area (Å²) in [5.41, 5.74) is 4.90. The van der Waals surface area contributed by atoms with Crippen LogP contribution in [-0.2, 0) is 24.7 Å². The summed E-state index contributed by atoms with van der Waals surface area (Å²) in [6, 6.07) is 7.79. The van der Waals surface area contributed by atoms with Crippen molar-refractivity contribution in [2.45, 2.75) is 25.7 Å². The molecule has 2 aliphatic rings. The third kappa shape index (κ3) is 5.74. The quantitative estimate of drug-likeness (QED) is 0.338. The summed E-state index contributed by atoms with van der Waals surface area (Å²) >= 11 is 6.37. The number of rotatable bonds is 4. The third-order valence-corrected chi connectivity index (χ3v) is 7.40. The molecule has 0 saturated carbocycles. The number of aryl methyl sites for hydroxylation is 3. The average molecular weight is 558 g/mol. The normalized spacial score (nSPS) is 16.1. The summed E-state index contributed by atoms with van der Waals surface area (Å²) in [5.74, 6) is 0.854. The molecule has 2 amide bonds. The molecule has 11 nitrogen and oxygen atoms in total. The van der Waals surface area contributed by atoms with Gasteiger partial charge in [0.1, 0.15) is 5.02 Å². The van der Waals surface area contributed by atoms with Gasteiger partial charge in [0.15, 0.2) is 5.82 Å². The van der Waals surface area contributed by atoms with E-state index in [0.29, 0.717) is 48.3 Å². The molecule has 204 valence electrons. The zero-order chi connectivity index (χ0) is 27.6. The minimum absolute atomic E-state index is 0.0463. The number of pyridine rings is 1. The van der Waals surface area contributed by atoms with Crippen LogP contribution in [0.2, 0.25) is 5.02 Å². The predicted molar refractivity (Wildman–Crippen MR) is 152 cm³/mol. The van der Waals surface area contributed by atoms with Crippen molar-refractivity contribution in [2.75, 3.05) is 29.0 Å². The summed E-state index contributed by atoms with van der Waals surface area (Å²) < 4.78 is 1.61. The van der Waals surface area contributed by atoms with Crippen LogP contribution >= 0.6 is 11.6 Å². The monoisotopic (exact) mass is 557 g/mol. The maximum absolute atomic E-state index is 13.1. The predicted octanol–water partition coefficient (Wildman–Crippen LogP) is 4.34. The second kappa shape index (κ2) is 10.9. The molecular weight excluding hydrogens is 530 g/mol. The minimum atomic E-state index is -0.0723. The topological polar surface area (TPSA) is 130 Å². The molecule has 0 radical (unpaired) electrons. The molecule has 0 aliphatic carbocycles. The van der Waals surface area contributed by atoms with Gasteiger partial charge in [-0.3, -0.25) is 19.3 Å². The van der Waals surface area contributed by atoms with Crippen molar-refractivity contribution in [3.8, 4) is 0 Å². The number of fused-ring (bicyclic) bond motifs is 6. The molecular formula is C28H28ClN9O2. The first-order valence-electron chi connectivity index (χ1n) is 13.1. The number of nitrogens with zero attached hydrogens (tertiary/aromatic N) is 6. The Balaban J connectivity index is 1.18. The van der Waals surface area contributed by atoms with E-state index in [0.717, 1.165) is 41.0 Å². The van der Waals surface area contributed by atoms with Crippen LogP contribution in [0.4, 0.5) is 28.8 Å². The van der Waals surface area contributed by atoms with E-state index in [2.05, 4.69) is 36.0 Å². The molecule has 1 saturated heterocycles. The fourth-order valence-electron chi connectivity index (χ4n) is 5.11. The Morgan fingerprint density at radius 2 is 2.00 bits per heavy atom. The van der Waals surface area contributed by atoms with E-state index in [9.17, 15) is 9.59 Å². The number of hydrogen-bond acceptors (Lipinski definition) is 8. The number of benzene rings is 1. The molecule has 1 aromatic carbocycles. The number of hydrogen-bond donors (Lipinski definition) is 3. The molecule has 3 N–H and O–H groups in total. The van der Waals surface area contributed by atoms with E-state index in [4.69, 9.17) is 11.6 Å². The third-order valence-electron chi connectivity index (χ3n) is 7.12. The molecule has 12 heteroatoms. The standard InChI is InChI=1S/C28H28ClN9O2/c1-37-16-20(12-32-37)27(40)38-7-6-18(15-38)9-25(39)35-24-5-4-21-10-19(24)3-2-17-8-22(13-30-11-17)34-28-31-14-23(29)26(33-21)36-28/h4-5,8,10-14,16,18H,2-3,6-7,9,15H2,1H3,(H,35,39)(H2,31,33,34,36)/t18-/m1/s1. The van der Waals surface area contributed by atoms with Crippen LogP contribution in [0.1, 0.15) is 34.3 Å². The van der Waals surface area contributed by atoms with Gasteiger partial charge in [0.25, 0.3) is 5.91 Å². The molecule has 5 heterocycles. The zero-order valence-electron chi connectivity index (χ0n) is 21.9. The molecule has 4 aromatic rings. The lowest BCUT2D eigenvalue weighted by Gasteiger charge is -2.17. The van der Waals surface area contributed by atoms with Gasteiger partial charge in [-0.1, -0.05) is 11.6 Å². The summed E-state index contributed by atoms with van der Waals surface area (Å²) in [6.45, 7) is 1.18. The number of nitrogens with one attached hydrogen (secondary N) is 3. The number of amides is 2. The Morgan fingerprint density at radius 1 is 1.10 bits per heavy atom. The fraction of sp³-hybridized carbons (Fsp3) is 0.286. The molecule has 2 aliphatic heterocycles. The maximum Gasteiger partial charge on any atom is 0.257 e. The van der Waals surface area contributed by atoms with E-state index < -0.39 is 0 Å². The second-order valence-electron chi connectivity index (χ2n) is 10.2. The molecule has 40 heavy (non-hydrogen) atoms. The fourth-order valence-corrected chi connectivity index (χ4v) is 5.25. The lowest BCUT2D eigenvalue weighted by Crippen LogP contribution is -2.29. The van der Waals surface area contributed by atoms with Crippen molar-refractivity contribution >= 4 is 52.2 Å². The zero-order valence-corrected chi connectivity index (χ0v) is 22.6. The van der Waals surface area contributed by atoms with E-state index in [-0.39, 0.29) is 17.7 Å². The number of halogens is 1. The first-order valence-corrected chi connectivity index (χ1v) is 13.5. The number of anilines is 5.